The zero-order valence-electron chi connectivity index (χ0n) is 34.1. The molecule has 3 N–H and O–H groups in total. The van der Waals surface area contributed by atoms with Crippen molar-refractivity contribution in [2.45, 2.75) is 186 Å². The molecule has 9 nitrogen and oxygen atoms in total. The maximum absolute atomic E-state index is 12.8. The molecule has 4 atom stereocenters. The minimum atomic E-state index is -4.59. The number of likely N-dealkylation sites (N-methyl/N-ethyl adjacent to an activating group) is 1. The van der Waals surface area contributed by atoms with E-state index >= 15 is 0 Å². The zero-order chi connectivity index (χ0) is 38.8. The van der Waals surface area contributed by atoms with Gasteiger partial charge in [-0.05, 0) is 32.1 Å². The van der Waals surface area contributed by atoms with Crippen LogP contribution in [0.25, 0.3) is 0 Å². The van der Waals surface area contributed by atoms with E-state index in [0.29, 0.717) is 36.7 Å². The number of quaternary nitrogens is 1. The highest BCUT2D eigenvalue weighted by atomic mass is 31.2. The fourth-order valence-corrected chi connectivity index (χ4v) is 6.59. The average Bonchev–Trinajstić information content (AvgIpc) is 3.08. The van der Waals surface area contributed by atoms with Crippen molar-refractivity contribution in [3.05, 3.63) is 36.5 Å². The summed E-state index contributed by atoms with van der Waals surface area (Å²) in [5, 5.41) is 24.0. The van der Waals surface area contributed by atoms with Gasteiger partial charge >= 0.3 is 0 Å². The molecule has 1 amide bonds. The van der Waals surface area contributed by atoms with E-state index in [1.54, 1.807) is 0 Å². The van der Waals surface area contributed by atoms with Gasteiger partial charge in [0.1, 0.15) is 13.2 Å². The number of rotatable bonds is 37. The second-order valence-corrected chi connectivity index (χ2v) is 16.9. The number of phosphoric ester groups is 1. The highest BCUT2D eigenvalue weighted by Crippen LogP contribution is 2.38. The van der Waals surface area contributed by atoms with E-state index in [1.165, 1.54) is 70.6 Å². The smallest absolute Gasteiger partial charge is 0.268 e. The van der Waals surface area contributed by atoms with Crippen LogP contribution in [0, 0.1) is 0 Å². The first-order chi connectivity index (χ1) is 24.9. The molecule has 0 aromatic rings. The number of amides is 1. The number of carbonyl (C=O) groups excluding carboxylic acids is 1. The van der Waals surface area contributed by atoms with E-state index in [9.17, 15) is 24.5 Å². The summed E-state index contributed by atoms with van der Waals surface area (Å²) in [4.78, 5) is 25.3. The van der Waals surface area contributed by atoms with Gasteiger partial charge in [-0.25, -0.2) is 0 Å². The van der Waals surface area contributed by atoms with Crippen LogP contribution in [0.2, 0.25) is 0 Å². The van der Waals surface area contributed by atoms with Gasteiger partial charge in [0.2, 0.25) is 5.91 Å². The van der Waals surface area contributed by atoms with Crippen molar-refractivity contribution in [3.63, 3.8) is 0 Å². The molecule has 0 aliphatic heterocycles. The predicted molar refractivity (Wildman–Crippen MR) is 216 cm³/mol. The number of hydrogen-bond donors (Lipinski definition) is 3. The van der Waals surface area contributed by atoms with E-state index in [-0.39, 0.29) is 19.1 Å². The van der Waals surface area contributed by atoms with E-state index in [1.807, 2.05) is 39.4 Å². The molecule has 0 heterocycles. The van der Waals surface area contributed by atoms with Crippen molar-refractivity contribution in [1.29, 1.82) is 0 Å². The van der Waals surface area contributed by atoms with Gasteiger partial charge in [-0.1, -0.05) is 166 Å². The molecule has 0 aromatic carbocycles. The zero-order valence-corrected chi connectivity index (χ0v) is 35.0. The Morgan fingerprint density at radius 3 is 1.83 bits per heavy atom. The van der Waals surface area contributed by atoms with Gasteiger partial charge < -0.3 is 34.0 Å². The van der Waals surface area contributed by atoms with Crippen LogP contribution in [0.5, 0.6) is 0 Å². The van der Waals surface area contributed by atoms with Crippen molar-refractivity contribution in [2.75, 3.05) is 40.9 Å². The fraction of sp³-hybridized carbons (Fsp3) is 0.833. The Labute approximate surface area is 319 Å². The van der Waals surface area contributed by atoms with Gasteiger partial charge in [0.05, 0.1) is 46.0 Å². The minimum absolute atomic E-state index is 0.00684. The van der Waals surface area contributed by atoms with E-state index in [0.717, 1.165) is 57.8 Å². The molecule has 0 saturated carbocycles. The summed E-state index contributed by atoms with van der Waals surface area (Å²) < 4.78 is 23.2. The molecule has 0 saturated heterocycles. The number of carbonyl (C=O) groups is 1. The van der Waals surface area contributed by atoms with Crippen LogP contribution >= 0.6 is 7.82 Å². The van der Waals surface area contributed by atoms with Gasteiger partial charge in [0.25, 0.3) is 7.82 Å². The van der Waals surface area contributed by atoms with Crippen molar-refractivity contribution in [3.8, 4) is 0 Å². The molecule has 2 unspecified atom stereocenters. The number of unbranched alkanes of at least 4 members (excludes halogenated alkanes) is 17. The van der Waals surface area contributed by atoms with Gasteiger partial charge in [-0.2, -0.15) is 0 Å². The van der Waals surface area contributed by atoms with Crippen LogP contribution < -0.4 is 10.2 Å². The Hall–Kier alpha value is -1.32. The lowest BCUT2D eigenvalue weighted by Crippen LogP contribution is -2.46. The van der Waals surface area contributed by atoms with E-state index < -0.39 is 26.1 Å². The number of nitrogens with one attached hydrogen (secondary N) is 1. The van der Waals surface area contributed by atoms with Crippen LogP contribution in [0.3, 0.4) is 0 Å². The Morgan fingerprint density at radius 1 is 0.731 bits per heavy atom. The lowest BCUT2D eigenvalue weighted by Gasteiger charge is -2.30. The highest BCUT2D eigenvalue weighted by molar-refractivity contribution is 7.45. The second kappa shape index (κ2) is 34.2. The number of hydrogen-bond acceptors (Lipinski definition) is 7. The van der Waals surface area contributed by atoms with Crippen molar-refractivity contribution in [2.24, 2.45) is 0 Å². The van der Waals surface area contributed by atoms with Crippen molar-refractivity contribution >= 4 is 13.7 Å². The normalized spacial score (nSPS) is 15.5. The van der Waals surface area contributed by atoms with E-state index in [2.05, 4.69) is 37.4 Å². The van der Waals surface area contributed by atoms with Crippen LogP contribution in [-0.2, 0) is 18.4 Å². The third-order valence-electron chi connectivity index (χ3n) is 9.25. The first-order valence-electron chi connectivity index (χ1n) is 20.9. The molecule has 0 fully saturated rings. The van der Waals surface area contributed by atoms with Crippen LogP contribution in [-0.4, -0.2) is 79.8 Å². The minimum Gasteiger partial charge on any atom is -0.756 e. The van der Waals surface area contributed by atoms with E-state index in [4.69, 9.17) is 9.05 Å². The lowest BCUT2D eigenvalue weighted by molar-refractivity contribution is -0.870. The van der Waals surface area contributed by atoms with Crippen molar-refractivity contribution < 1.29 is 38.0 Å². The average molecular weight is 757 g/mol. The summed E-state index contributed by atoms with van der Waals surface area (Å²) >= 11 is 0. The molecule has 0 spiro atoms. The lowest BCUT2D eigenvalue weighted by atomic mass is 10.0. The second-order valence-electron chi connectivity index (χ2n) is 15.5. The molecule has 0 aliphatic rings. The molecule has 0 bridgehead atoms. The molecular formula is C42H81N2O7P. The summed E-state index contributed by atoms with van der Waals surface area (Å²) in [6.07, 6.45) is 35.9. The van der Waals surface area contributed by atoms with Crippen LogP contribution in [0.1, 0.15) is 168 Å². The molecule has 10 heteroatoms. The third-order valence-corrected chi connectivity index (χ3v) is 10.2. The van der Waals surface area contributed by atoms with Gasteiger partial charge in [0.15, 0.2) is 0 Å². The first kappa shape index (κ1) is 50.7. The van der Waals surface area contributed by atoms with Crippen LogP contribution in [0.15, 0.2) is 36.5 Å². The SMILES string of the molecule is CC/C=C/C/C=C/C=C/C(O)CCCCCCCC(=O)N[C@@H](COP(=O)([O-])OCC[N+](C)(C)C)[C@H](O)CCCCCCCCCCCCCCCC. The van der Waals surface area contributed by atoms with Gasteiger partial charge in [0, 0.05) is 6.42 Å². The third kappa shape index (κ3) is 35.7. The Balaban J connectivity index is 4.51. The Kier molecular flexibility index (Phi) is 33.3. The molecule has 0 rings (SSSR count). The number of nitrogens with zero attached hydrogens (tertiary/aromatic N) is 1. The topological polar surface area (TPSA) is 128 Å². The standard InChI is InChI=1S/C42H81N2O7P/c1-6-8-10-12-14-15-16-17-18-19-20-22-26-30-34-41(46)40(38-51-52(48,49)50-37-36-44(3,4)5)43-42(47)35-31-27-23-25-29-33-39(45)32-28-24-21-13-11-9-7-2/h9,11,21,24,28,32,39-41,45-46H,6-8,10,12-20,22-23,25-27,29-31,33-38H2,1-5H3,(H-,43,47,48,49)/b11-9+,24-21+,32-28+/t39?,40-,41+/m0/s1. The molecule has 306 valence electrons. The number of phosphoric acid groups is 1. The summed E-state index contributed by atoms with van der Waals surface area (Å²) in [7, 11) is 1.24. The summed E-state index contributed by atoms with van der Waals surface area (Å²) in [6.45, 7) is 4.49. The number of aliphatic hydroxyl groups excluding tert-OH is 2. The largest absolute Gasteiger partial charge is 0.756 e. The Bertz CT molecular complexity index is 966. The highest BCUT2D eigenvalue weighted by Gasteiger charge is 2.24. The summed E-state index contributed by atoms with van der Waals surface area (Å²) in [5.41, 5.74) is 0. The summed E-state index contributed by atoms with van der Waals surface area (Å²) in [5.74, 6) is -0.223. The quantitative estimate of drug-likeness (QED) is 0.0189. The number of aliphatic hydroxyl groups is 2. The number of allylic oxidation sites excluding steroid dienone is 5. The molecular weight excluding hydrogens is 675 g/mol. The fourth-order valence-electron chi connectivity index (χ4n) is 5.87. The first-order valence-corrected chi connectivity index (χ1v) is 22.4. The van der Waals surface area contributed by atoms with Crippen molar-refractivity contribution in [1.82, 2.24) is 5.32 Å². The van der Waals surface area contributed by atoms with Crippen LogP contribution in [0.4, 0.5) is 0 Å². The molecule has 0 aliphatic carbocycles. The Morgan fingerprint density at radius 2 is 1.27 bits per heavy atom. The van der Waals surface area contributed by atoms with Gasteiger partial charge in [-0.15, -0.1) is 0 Å². The predicted octanol–water partition coefficient (Wildman–Crippen LogP) is 9.47. The van der Waals surface area contributed by atoms with Gasteiger partial charge in [-0.3, -0.25) is 9.36 Å². The monoisotopic (exact) mass is 757 g/mol. The molecule has 0 radical (unpaired) electrons. The maximum Gasteiger partial charge on any atom is 0.268 e. The molecule has 0 aromatic heterocycles. The maximum atomic E-state index is 12.8. The summed E-state index contributed by atoms with van der Waals surface area (Å²) in [6, 6.07) is -0.837. The molecule has 52 heavy (non-hydrogen) atoms.